The second kappa shape index (κ2) is 11.6. The molecular weight excluding hydrogens is 447 g/mol. The van der Waals surface area contributed by atoms with Gasteiger partial charge in [-0.3, -0.25) is 9.59 Å². The lowest BCUT2D eigenvalue weighted by Gasteiger charge is -2.30. The normalized spacial score (nSPS) is 14.8. The predicted molar refractivity (Wildman–Crippen MR) is 128 cm³/mol. The maximum absolute atomic E-state index is 13.2. The topological polar surface area (TPSA) is 58.6 Å². The zero-order valence-corrected chi connectivity index (χ0v) is 20.1. The van der Waals surface area contributed by atoms with Gasteiger partial charge in [-0.25, -0.2) is 0 Å². The number of nitrogens with one attached hydrogen (secondary N) is 1. The van der Waals surface area contributed by atoms with Crippen molar-refractivity contribution >= 4 is 35.0 Å². The molecule has 1 saturated carbocycles. The van der Waals surface area contributed by atoms with Gasteiger partial charge in [0.1, 0.15) is 11.8 Å². The van der Waals surface area contributed by atoms with Crippen LogP contribution in [0.5, 0.6) is 5.75 Å². The maximum atomic E-state index is 13.2. The van der Waals surface area contributed by atoms with Gasteiger partial charge in [0.2, 0.25) is 5.91 Å². The molecule has 0 heterocycles. The Kier molecular flexibility index (Phi) is 8.83. The molecule has 1 aliphatic rings. The molecule has 172 valence electrons. The number of halogens is 2. The van der Waals surface area contributed by atoms with Gasteiger partial charge >= 0.3 is 0 Å². The fourth-order valence-corrected chi connectivity index (χ4v) is 4.33. The third-order valence-electron chi connectivity index (χ3n) is 5.92. The van der Waals surface area contributed by atoms with E-state index in [2.05, 4.69) is 12.2 Å². The molecule has 1 N–H and O–H groups in total. The van der Waals surface area contributed by atoms with Crippen LogP contribution in [0.15, 0.2) is 42.5 Å². The van der Waals surface area contributed by atoms with Crippen molar-refractivity contribution in [2.45, 2.75) is 64.6 Å². The first kappa shape index (κ1) is 24.4. The minimum Gasteiger partial charge on any atom is -0.484 e. The molecule has 1 aliphatic carbocycles. The summed E-state index contributed by atoms with van der Waals surface area (Å²) in [5, 5.41) is 4.05. The molecule has 2 aromatic rings. The monoisotopic (exact) mass is 476 g/mol. The van der Waals surface area contributed by atoms with Crippen LogP contribution in [0.4, 0.5) is 0 Å². The SMILES string of the molecule is CCc1ccc(OCC(=O)N(Cc2ccc(Cl)cc2Cl)[C@H](C)C(=O)NC2CCCC2)cc1. The molecule has 0 bridgehead atoms. The summed E-state index contributed by atoms with van der Waals surface area (Å²) in [6.07, 6.45) is 5.13. The Bertz CT molecular complexity index is 927. The number of hydrogen-bond donors (Lipinski definition) is 1. The first-order valence-corrected chi connectivity index (χ1v) is 11.9. The van der Waals surface area contributed by atoms with Gasteiger partial charge in [-0.2, -0.15) is 0 Å². The van der Waals surface area contributed by atoms with Gasteiger partial charge in [0.15, 0.2) is 6.61 Å². The van der Waals surface area contributed by atoms with Gasteiger partial charge in [0.05, 0.1) is 0 Å². The molecule has 3 rings (SSSR count). The number of nitrogens with zero attached hydrogens (tertiary/aromatic N) is 1. The van der Waals surface area contributed by atoms with Crippen LogP contribution >= 0.6 is 23.2 Å². The summed E-state index contributed by atoms with van der Waals surface area (Å²) in [6, 6.07) is 12.3. The van der Waals surface area contributed by atoms with Crippen LogP contribution in [-0.2, 0) is 22.6 Å². The summed E-state index contributed by atoms with van der Waals surface area (Å²) in [5.74, 6) is 0.162. The van der Waals surface area contributed by atoms with Crippen LogP contribution in [0.2, 0.25) is 10.0 Å². The third-order valence-corrected chi connectivity index (χ3v) is 6.51. The van der Waals surface area contributed by atoms with Crippen molar-refractivity contribution in [1.82, 2.24) is 10.2 Å². The van der Waals surface area contributed by atoms with E-state index in [4.69, 9.17) is 27.9 Å². The fourth-order valence-electron chi connectivity index (χ4n) is 3.86. The minimum atomic E-state index is -0.666. The number of rotatable bonds is 9. The molecule has 1 fully saturated rings. The molecule has 5 nitrogen and oxygen atoms in total. The van der Waals surface area contributed by atoms with E-state index in [1.807, 2.05) is 24.3 Å². The van der Waals surface area contributed by atoms with Gasteiger partial charge < -0.3 is 15.0 Å². The number of hydrogen-bond acceptors (Lipinski definition) is 3. The highest BCUT2D eigenvalue weighted by atomic mass is 35.5. The smallest absolute Gasteiger partial charge is 0.261 e. The lowest BCUT2D eigenvalue weighted by molar-refractivity contribution is -0.142. The van der Waals surface area contributed by atoms with Gasteiger partial charge in [-0.05, 0) is 61.6 Å². The second-order valence-corrected chi connectivity index (χ2v) is 9.05. The van der Waals surface area contributed by atoms with Gasteiger partial charge in [-0.15, -0.1) is 0 Å². The molecule has 0 radical (unpaired) electrons. The Labute approximate surface area is 200 Å². The summed E-state index contributed by atoms with van der Waals surface area (Å²) in [5.41, 5.74) is 1.91. The van der Waals surface area contributed by atoms with E-state index in [0.717, 1.165) is 37.7 Å². The van der Waals surface area contributed by atoms with Crippen molar-refractivity contribution in [3.05, 3.63) is 63.6 Å². The summed E-state index contributed by atoms with van der Waals surface area (Å²) in [7, 11) is 0. The van der Waals surface area contributed by atoms with Crippen molar-refractivity contribution in [2.24, 2.45) is 0 Å². The van der Waals surface area contributed by atoms with Gasteiger partial charge in [-0.1, -0.05) is 61.2 Å². The van der Waals surface area contributed by atoms with Crippen molar-refractivity contribution in [2.75, 3.05) is 6.61 Å². The Morgan fingerprint density at radius 2 is 1.81 bits per heavy atom. The van der Waals surface area contributed by atoms with Gasteiger partial charge in [0.25, 0.3) is 5.91 Å². The third kappa shape index (κ3) is 6.63. The van der Waals surface area contributed by atoms with Crippen LogP contribution < -0.4 is 10.1 Å². The number of aryl methyl sites for hydroxylation is 1. The Hall–Kier alpha value is -2.24. The maximum Gasteiger partial charge on any atom is 0.261 e. The standard InChI is InChI=1S/C25H30Cl2N2O3/c1-3-18-8-12-22(13-9-18)32-16-24(30)29(15-19-10-11-20(26)14-23(19)27)17(2)25(31)28-21-6-4-5-7-21/h8-14,17,21H,3-7,15-16H2,1-2H3,(H,28,31)/t17-/m1/s1. The number of benzene rings is 2. The summed E-state index contributed by atoms with van der Waals surface area (Å²) in [6.45, 7) is 3.84. The molecule has 0 unspecified atom stereocenters. The molecule has 0 aromatic heterocycles. The van der Waals surface area contributed by atoms with Crippen LogP contribution in [0, 0.1) is 0 Å². The van der Waals surface area contributed by atoms with Crippen molar-refractivity contribution in [3.63, 3.8) is 0 Å². The molecule has 32 heavy (non-hydrogen) atoms. The molecule has 0 aliphatic heterocycles. The average molecular weight is 477 g/mol. The molecule has 1 atom stereocenters. The predicted octanol–water partition coefficient (Wildman–Crippen LogP) is 5.41. The second-order valence-electron chi connectivity index (χ2n) is 8.21. The summed E-state index contributed by atoms with van der Waals surface area (Å²) < 4.78 is 5.72. The molecule has 0 saturated heterocycles. The van der Waals surface area contributed by atoms with E-state index in [1.165, 1.54) is 10.5 Å². The minimum absolute atomic E-state index is 0.164. The molecule has 2 amide bonds. The summed E-state index contributed by atoms with van der Waals surface area (Å²) in [4.78, 5) is 27.6. The highest BCUT2D eigenvalue weighted by molar-refractivity contribution is 6.35. The largest absolute Gasteiger partial charge is 0.484 e. The van der Waals surface area contributed by atoms with Crippen molar-refractivity contribution in [1.29, 1.82) is 0 Å². The van der Waals surface area contributed by atoms with E-state index in [0.29, 0.717) is 15.8 Å². The lowest BCUT2D eigenvalue weighted by Crippen LogP contribution is -2.50. The van der Waals surface area contributed by atoms with E-state index in [1.54, 1.807) is 25.1 Å². The zero-order chi connectivity index (χ0) is 23.1. The van der Waals surface area contributed by atoms with Crippen LogP contribution in [-0.4, -0.2) is 35.4 Å². The fraction of sp³-hybridized carbons (Fsp3) is 0.440. The Balaban J connectivity index is 1.72. The quantitative estimate of drug-likeness (QED) is 0.526. The number of amides is 2. The van der Waals surface area contributed by atoms with E-state index in [9.17, 15) is 9.59 Å². The highest BCUT2D eigenvalue weighted by Gasteiger charge is 2.29. The Morgan fingerprint density at radius 1 is 1.12 bits per heavy atom. The van der Waals surface area contributed by atoms with Crippen molar-refractivity contribution < 1.29 is 14.3 Å². The van der Waals surface area contributed by atoms with Crippen LogP contribution in [0.25, 0.3) is 0 Å². The molecule has 7 heteroatoms. The first-order valence-electron chi connectivity index (χ1n) is 11.1. The highest BCUT2D eigenvalue weighted by Crippen LogP contribution is 2.24. The van der Waals surface area contributed by atoms with Crippen molar-refractivity contribution in [3.8, 4) is 5.75 Å². The Morgan fingerprint density at radius 3 is 2.44 bits per heavy atom. The van der Waals surface area contributed by atoms with Crippen LogP contribution in [0.1, 0.15) is 50.7 Å². The average Bonchev–Trinajstić information content (AvgIpc) is 3.30. The van der Waals surface area contributed by atoms with E-state index < -0.39 is 6.04 Å². The number of carbonyl (C=O) groups excluding carboxylic acids is 2. The number of carbonyl (C=O) groups is 2. The molecule has 0 spiro atoms. The first-order chi connectivity index (χ1) is 15.4. The molecule has 2 aromatic carbocycles. The lowest BCUT2D eigenvalue weighted by atomic mass is 10.1. The van der Waals surface area contributed by atoms with Crippen LogP contribution in [0.3, 0.4) is 0 Å². The van der Waals surface area contributed by atoms with Gasteiger partial charge in [0, 0.05) is 22.6 Å². The van der Waals surface area contributed by atoms with E-state index >= 15 is 0 Å². The summed E-state index contributed by atoms with van der Waals surface area (Å²) >= 11 is 12.4. The molecular formula is C25H30Cl2N2O3. The number of ether oxygens (including phenoxy) is 1. The van der Waals surface area contributed by atoms with E-state index in [-0.39, 0.29) is 31.0 Å². The zero-order valence-electron chi connectivity index (χ0n) is 18.6.